The summed E-state index contributed by atoms with van der Waals surface area (Å²) in [7, 11) is 0. The third kappa shape index (κ3) is 5.31. The highest BCUT2D eigenvalue weighted by Crippen LogP contribution is 2.20. The molecule has 0 bridgehead atoms. The number of ether oxygens (including phenoxy) is 1. The molecule has 0 fully saturated rings. The van der Waals surface area contributed by atoms with Gasteiger partial charge in [-0.3, -0.25) is 4.79 Å². The maximum Gasteiger partial charge on any atom is 0.254 e. The highest BCUT2D eigenvalue weighted by molar-refractivity contribution is 7.09. The number of aromatic nitrogens is 1. The fraction of sp³-hybridized carbons (Fsp3) is 0.238. The molecule has 0 saturated heterocycles. The van der Waals surface area contributed by atoms with E-state index in [-0.39, 0.29) is 11.9 Å². The molecular formula is C21H21ClN2O2S. The van der Waals surface area contributed by atoms with Crippen LogP contribution in [0.3, 0.4) is 0 Å². The lowest BCUT2D eigenvalue weighted by Gasteiger charge is -2.26. The zero-order valence-corrected chi connectivity index (χ0v) is 16.8. The zero-order chi connectivity index (χ0) is 19.2. The fourth-order valence-electron chi connectivity index (χ4n) is 2.60. The van der Waals surface area contributed by atoms with Gasteiger partial charge in [0.2, 0.25) is 0 Å². The van der Waals surface area contributed by atoms with Crippen molar-refractivity contribution in [2.45, 2.75) is 33.0 Å². The molecule has 1 aromatic heterocycles. The van der Waals surface area contributed by atoms with E-state index in [0.717, 1.165) is 10.7 Å². The summed E-state index contributed by atoms with van der Waals surface area (Å²) in [5, 5.41) is 3.48. The molecule has 0 saturated carbocycles. The maximum absolute atomic E-state index is 12.8. The first-order valence-electron chi connectivity index (χ1n) is 8.70. The maximum atomic E-state index is 12.8. The quantitative estimate of drug-likeness (QED) is 0.531. The van der Waals surface area contributed by atoms with E-state index in [2.05, 4.69) is 4.98 Å². The third-order valence-corrected chi connectivity index (χ3v) is 5.10. The molecule has 4 nitrogen and oxygen atoms in total. The standard InChI is InChI=1S/C21H21ClN2O2S/c1-15(2)24(21(25)16-7-4-3-5-8-16)12-18-14-27-20(23-18)13-26-19-10-6-9-17(22)11-19/h3-11,14-15H,12-13H2,1-2H3. The number of rotatable bonds is 7. The van der Waals surface area contributed by atoms with E-state index in [1.54, 1.807) is 12.1 Å². The van der Waals surface area contributed by atoms with Gasteiger partial charge in [0.05, 0.1) is 12.2 Å². The molecule has 0 aliphatic carbocycles. The van der Waals surface area contributed by atoms with E-state index in [1.807, 2.05) is 66.6 Å². The van der Waals surface area contributed by atoms with Crippen LogP contribution in [-0.2, 0) is 13.2 Å². The van der Waals surface area contributed by atoms with Crippen LogP contribution < -0.4 is 4.74 Å². The number of hydrogen-bond donors (Lipinski definition) is 0. The Morgan fingerprint density at radius 1 is 1.19 bits per heavy atom. The second-order valence-electron chi connectivity index (χ2n) is 6.37. The Bertz CT molecular complexity index is 896. The van der Waals surface area contributed by atoms with Crippen LogP contribution in [0.25, 0.3) is 0 Å². The van der Waals surface area contributed by atoms with E-state index in [1.165, 1.54) is 11.3 Å². The number of benzene rings is 2. The lowest BCUT2D eigenvalue weighted by Crippen LogP contribution is -2.36. The number of hydrogen-bond acceptors (Lipinski definition) is 4. The summed E-state index contributed by atoms with van der Waals surface area (Å²) in [4.78, 5) is 19.2. The van der Waals surface area contributed by atoms with Crippen LogP contribution in [0.2, 0.25) is 5.02 Å². The number of thiazole rings is 1. The van der Waals surface area contributed by atoms with Gasteiger partial charge in [0.25, 0.3) is 5.91 Å². The van der Waals surface area contributed by atoms with Gasteiger partial charge in [-0.25, -0.2) is 4.98 Å². The van der Waals surface area contributed by atoms with Crippen LogP contribution in [0.5, 0.6) is 5.75 Å². The molecule has 0 radical (unpaired) electrons. The average molecular weight is 401 g/mol. The van der Waals surface area contributed by atoms with Gasteiger partial charge < -0.3 is 9.64 Å². The van der Waals surface area contributed by atoms with Crippen molar-refractivity contribution < 1.29 is 9.53 Å². The average Bonchev–Trinajstić information content (AvgIpc) is 3.12. The summed E-state index contributed by atoms with van der Waals surface area (Å²) < 4.78 is 5.74. The first-order chi connectivity index (χ1) is 13.0. The van der Waals surface area contributed by atoms with Crippen molar-refractivity contribution in [1.29, 1.82) is 0 Å². The summed E-state index contributed by atoms with van der Waals surface area (Å²) in [5.41, 5.74) is 1.55. The molecular weight excluding hydrogens is 380 g/mol. The summed E-state index contributed by atoms with van der Waals surface area (Å²) >= 11 is 7.49. The smallest absolute Gasteiger partial charge is 0.254 e. The van der Waals surface area contributed by atoms with E-state index in [0.29, 0.717) is 29.5 Å². The van der Waals surface area contributed by atoms with Gasteiger partial charge in [0.1, 0.15) is 17.4 Å². The Labute approximate surface area is 168 Å². The lowest BCUT2D eigenvalue weighted by atomic mass is 10.1. The Kier molecular flexibility index (Phi) is 6.48. The molecule has 0 aliphatic rings. The number of carbonyl (C=O) groups excluding carboxylic acids is 1. The molecule has 2 aromatic carbocycles. The molecule has 1 amide bonds. The summed E-state index contributed by atoms with van der Waals surface area (Å²) in [5.74, 6) is 0.720. The number of nitrogens with zero attached hydrogens (tertiary/aromatic N) is 2. The summed E-state index contributed by atoms with van der Waals surface area (Å²) in [6.45, 7) is 4.87. The SMILES string of the molecule is CC(C)N(Cc1csc(COc2cccc(Cl)c2)n1)C(=O)c1ccccc1. The minimum atomic E-state index is 0.00956. The van der Waals surface area contributed by atoms with Crippen LogP contribution in [0.1, 0.15) is 34.9 Å². The molecule has 1 heterocycles. The fourth-order valence-corrected chi connectivity index (χ4v) is 3.48. The predicted octanol–water partition coefficient (Wildman–Crippen LogP) is 5.43. The van der Waals surface area contributed by atoms with Gasteiger partial charge in [-0.1, -0.05) is 35.9 Å². The summed E-state index contributed by atoms with van der Waals surface area (Å²) in [6, 6.07) is 16.7. The molecule has 3 aromatic rings. The third-order valence-electron chi connectivity index (χ3n) is 3.99. The van der Waals surface area contributed by atoms with Crippen molar-refractivity contribution in [2.24, 2.45) is 0 Å². The van der Waals surface area contributed by atoms with Crippen LogP contribution in [0.15, 0.2) is 60.0 Å². The van der Waals surface area contributed by atoms with Gasteiger partial charge in [0, 0.05) is 22.0 Å². The van der Waals surface area contributed by atoms with Gasteiger partial charge >= 0.3 is 0 Å². The van der Waals surface area contributed by atoms with Gasteiger partial charge in [-0.05, 0) is 44.2 Å². The van der Waals surface area contributed by atoms with Gasteiger partial charge in [-0.2, -0.15) is 0 Å². The summed E-state index contributed by atoms with van der Waals surface area (Å²) in [6.07, 6.45) is 0. The van der Waals surface area contributed by atoms with Crippen molar-refractivity contribution in [3.63, 3.8) is 0 Å². The van der Waals surface area contributed by atoms with Gasteiger partial charge in [-0.15, -0.1) is 11.3 Å². The van der Waals surface area contributed by atoms with Crippen molar-refractivity contribution in [1.82, 2.24) is 9.88 Å². The second-order valence-corrected chi connectivity index (χ2v) is 7.75. The Hall–Kier alpha value is -2.37. The van der Waals surface area contributed by atoms with Crippen LogP contribution in [0.4, 0.5) is 0 Å². The lowest BCUT2D eigenvalue weighted by molar-refractivity contribution is 0.0688. The first-order valence-corrected chi connectivity index (χ1v) is 9.96. The highest BCUT2D eigenvalue weighted by Gasteiger charge is 2.20. The van der Waals surface area contributed by atoms with Crippen LogP contribution >= 0.6 is 22.9 Å². The van der Waals surface area contributed by atoms with Crippen LogP contribution in [-0.4, -0.2) is 21.8 Å². The molecule has 0 N–H and O–H groups in total. The molecule has 0 spiro atoms. The largest absolute Gasteiger partial charge is 0.486 e. The minimum absolute atomic E-state index is 0.00956. The topological polar surface area (TPSA) is 42.4 Å². The van der Waals surface area contributed by atoms with E-state index in [4.69, 9.17) is 16.3 Å². The normalized spacial score (nSPS) is 10.8. The van der Waals surface area contributed by atoms with Gasteiger partial charge in [0.15, 0.2) is 0 Å². The van der Waals surface area contributed by atoms with Crippen LogP contribution in [0, 0.1) is 0 Å². The second kappa shape index (κ2) is 9.02. The molecule has 3 rings (SSSR count). The van der Waals surface area contributed by atoms with E-state index >= 15 is 0 Å². The highest BCUT2D eigenvalue weighted by atomic mass is 35.5. The molecule has 140 valence electrons. The van der Waals surface area contributed by atoms with Crippen molar-refractivity contribution in [3.8, 4) is 5.75 Å². The first kappa shape index (κ1) is 19.4. The van der Waals surface area contributed by atoms with Crippen molar-refractivity contribution in [2.75, 3.05) is 0 Å². The molecule has 27 heavy (non-hydrogen) atoms. The zero-order valence-electron chi connectivity index (χ0n) is 15.3. The molecule has 0 unspecified atom stereocenters. The Morgan fingerprint density at radius 2 is 1.96 bits per heavy atom. The van der Waals surface area contributed by atoms with Crippen molar-refractivity contribution >= 4 is 28.8 Å². The predicted molar refractivity (Wildman–Crippen MR) is 109 cm³/mol. The number of carbonyl (C=O) groups is 1. The molecule has 0 atom stereocenters. The van der Waals surface area contributed by atoms with Crippen molar-refractivity contribution in [3.05, 3.63) is 81.3 Å². The monoisotopic (exact) mass is 400 g/mol. The van der Waals surface area contributed by atoms with E-state index in [9.17, 15) is 4.79 Å². The minimum Gasteiger partial charge on any atom is -0.486 e. The van der Waals surface area contributed by atoms with E-state index < -0.39 is 0 Å². The Morgan fingerprint density at radius 3 is 2.67 bits per heavy atom. The number of halogens is 1. The molecule has 6 heteroatoms. The number of amides is 1. The Balaban J connectivity index is 1.65. The molecule has 0 aliphatic heterocycles.